The van der Waals surface area contributed by atoms with Gasteiger partial charge in [0, 0.05) is 20.1 Å². The quantitative estimate of drug-likeness (QED) is 0.611. The van der Waals surface area contributed by atoms with E-state index >= 15 is 0 Å². The zero-order chi connectivity index (χ0) is 14.7. The molecule has 108 valence electrons. The van der Waals surface area contributed by atoms with Gasteiger partial charge in [0.05, 0.1) is 11.3 Å². The first-order chi connectivity index (χ1) is 8.73. The molecule has 0 bridgehead atoms. The zero-order valence-electron chi connectivity index (χ0n) is 13.0. The Bertz CT molecular complexity index is 435. The van der Waals surface area contributed by atoms with Gasteiger partial charge in [-0.15, -0.1) is 0 Å². The lowest BCUT2D eigenvalue weighted by molar-refractivity contribution is 0.538. The van der Waals surface area contributed by atoms with Gasteiger partial charge in [0.15, 0.2) is 0 Å². The largest absolute Gasteiger partial charge is 0.384 e. The van der Waals surface area contributed by atoms with Crippen LogP contribution in [0, 0.1) is 24.2 Å². The first kappa shape index (κ1) is 15.5. The fourth-order valence-electron chi connectivity index (χ4n) is 2.45. The van der Waals surface area contributed by atoms with Crippen molar-refractivity contribution >= 4 is 11.7 Å². The Morgan fingerprint density at radius 1 is 1.26 bits per heavy atom. The van der Waals surface area contributed by atoms with Gasteiger partial charge in [-0.2, -0.15) is 5.10 Å². The Kier molecular flexibility index (Phi) is 4.97. The molecule has 1 heterocycles. The van der Waals surface area contributed by atoms with Crippen molar-refractivity contribution in [2.24, 2.45) is 24.6 Å². The first-order valence-electron chi connectivity index (χ1n) is 6.87. The second-order valence-electron chi connectivity index (χ2n) is 6.01. The van der Waals surface area contributed by atoms with Crippen LogP contribution in [0.3, 0.4) is 0 Å². The maximum atomic E-state index is 7.79. The first-order valence-corrected chi connectivity index (χ1v) is 6.87. The van der Waals surface area contributed by atoms with Gasteiger partial charge in [-0.05, 0) is 18.8 Å². The van der Waals surface area contributed by atoms with E-state index in [4.69, 9.17) is 11.1 Å². The molecular weight excluding hydrogens is 238 g/mol. The SMILES string of the molecule is Cc1nn(C)c(N(CC(C)C)CC(C)C)c1C(=N)N. The van der Waals surface area contributed by atoms with Crippen LogP contribution < -0.4 is 10.6 Å². The van der Waals surface area contributed by atoms with E-state index in [-0.39, 0.29) is 5.84 Å². The van der Waals surface area contributed by atoms with E-state index in [0.717, 1.165) is 30.2 Å². The average molecular weight is 265 g/mol. The van der Waals surface area contributed by atoms with Crippen LogP contribution in [0.5, 0.6) is 0 Å². The van der Waals surface area contributed by atoms with Gasteiger partial charge >= 0.3 is 0 Å². The van der Waals surface area contributed by atoms with Crippen molar-refractivity contribution in [2.45, 2.75) is 34.6 Å². The molecule has 0 atom stereocenters. The molecule has 5 heteroatoms. The predicted molar refractivity (Wildman–Crippen MR) is 80.9 cm³/mol. The average Bonchev–Trinajstić information content (AvgIpc) is 2.50. The summed E-state index contributed by atoms with van der Waals surface area (Å²) in [6.07, 6.45) is 0. The van der Waals surface area contributed by atoms with Gasteiger partial charge in [0.2, 0.25) is 0 Å². The van der Waals surface area contributed by atoms with E-state index in [9.17, 15) is 0 Å². The number of hydrogen-bond donors (Lipinski definition) is 2. The maximum absolute atomic E-state index is 7.79. The molecule has 0 aliphatic rings. The second kappa shape index (κ2) is 6.08. The number of aromatic nitrogens is 2. The number of anilines is 1. The molecule has 5 nitrogen and oxygen atoms in total. The summed E-state index contributed by atoms with van der Waals surface area (Å²) in [7, 11) is 1.92. The van der Waals surface area contributed by atoms with Crippen LogP contribution in [0.2, 0.25) is 0 Å². The van der Waals surface area contributed by atoms with Crippen molar-refractivity contribution in [3.63, 3.8) is 0 Å². The number of aryl methyl sites for hydroxylation is 2. The summed E-state index contributed by atoms with van der Waals surface area (Å²) in [4.78, 5) is 2.30. The van der Waals surface area contributed by atoms with E-state index in [0.29, 0.717) is 11.8 Å². The third kappa shape index (κ3) is 3.72. The summed E-state index contributed by atoms with van der Waals surface area (Å²) >= 11 is 0. The van der Waals surface area contributed by atoms with Crippen molar-refractivity contribution in [2.75, 3.05) is 18.0 Å². The standard InChI is InChI=1S/C14H27N5/c1-9(2)7-19(8-10(3)4)14-12(13(15)16)11(5)17-18(14)6/h9-10H,7-8H2,1-6H3,(H3,15,16). The van der Waals surface area contributed by atoms with Gasteiger partial charge in [-0.1, -0.05) is 27.7 Å². The van der Waals surface area contributed by atoms with Crippen molar-refractivity contribution < 1.29 is 0 Å². The highest BCUT2D eigenvalue weighted by atomic mass is 15.4. The summed E-state index contributed by atoms with van der Waals surface area (Å²) in [5.41, 5.74) is 7.32. The molecule has 0 aliphatic carbocycles. The Labute approximate surface area is 116 Å². The third-order valence-electron chi connectivity index (χ3n) is 2.93. The summed E-state index contributed by atoms with van der Waals surface area (Å²) in [5.74, 6) is 2.16. The van der Waals surface area contributed by atoms with Crippen molar-refractivity contribution in [1.82, 2.24) is 9.78 Å². The molecule has 0 saturated heterocycles. The number of nitrogen functional groups attached to an aromatic ring is 1. The molecule has 3 N–H and O–H groups in total. The molecule has 0 fully saturated rings. The summed E-state index contributed by atoms with van der Waals surface area (Å²) in [6.45, 7) is 12.6. The molecule has 0 aliphatic heterocycles. The van der Waals surface area contributed by atoms with Crippen LogP contribution in [0.25, 0.3) is 0 Å². The molecule has 1 aromatic heterocycles. The van der Waals surface area contributed by atoms with Crippen LogP contribution in [-0.4, -0.2) is 28.7 Å². The van der Waals surface area contributed by atoms with E-state index in [1.807, 2.05) is 18.7 Å². The fourth-order valence-corrected chi connectivity index (χ4v) is 2.45. The Morgan fingerprint density at radius 2 is 1.74 bits per heavy atom. The van der Waals surface area contributed by atoms with Crippen molar-refractivity contribution in [3.05, 3.63) is 11.3 Å². The lowest BCUT2D eigenvalue weighted by Crippen LogP contribution is -2.34. The normalized spacial score (nSPS) is 11.4. The molecule has 0 unspecified atom stereocenters. The number of nitrogens with two attached hydrogens (primary N) is 1. The van der Waals surface area contributed by atoms with Crippen molar-refractivity contribution in [3.8, 4) is 0 Å². The topological polar surface area (TPSA) is 70.9 Å². The lowest BCUT2D eigenvalue weighted by atomic mass is 10.1. The van der Waals surface area contributed by atoms with Crippen LogP contribution >= 0.6 is 0 Å². The number of nitrogens with zero attached hydrogens (tertiary/aromatic N) is 3. The van der Waals surface area contributed by atoms with Gasteiger partial charge in [0.25, 0.3) is 0 Å². The van der Waals surface area contributed by atoms with E-state index in [1.165, 1.54) is 0 Å². The van der Waals surface area contributed by atoms with Gasteiger partial charge in [-0.25, -0.2) is 0 Å². The van der Waals surface area contributed by atoms with Crippen LogP contribution in [-0.2, 0) is 7.05 Å². The number of nitrogens with one attached hydrogen (secondary N) is 1. The Hall–Kier alpha value is -1.52. The highest BCUT2D eigenvalue weighted by Gasteiger charge is 2.22. The van der Waals surface area contributed by atoms with E-state index in [1.54, 1.807) is 0 Å². The molecule has 19 heavy (non-hydrogen) atoms. The third-order valence-corrected chi connectivity index (χ3v) is 2.93. The fraction of sp³-hybridized carbons (Fsp3) is 0.714. The highest BCUT2D eigenvalue weighted by molar-refractivity contribution is 6.00. The minimum atomic E-state index is 0.0955. The Morgan fingerprint density at radius 3 is 2.11 bits per heavy atom. The molecule has 1 aromatic rings. The molecule has 0 saturated carbocycles. The highest BCUT2D eigenvalue weighted by Crippen LogP contribution is 2.24. The number of amidine groups is 1. The molecule has 0 spiro atoms. The monoisotopic (exact) mass is 265 g/mol. The van der Waals surface area contributed by atoms with Gasteiger partial charge in [-0.3, -0.25) is 10.1 Å². The Balaban J connectivity index is 3.24. The minimum absolute atomic E-state index is 0.0955. The zero-order valence-corrected chi connectivity index (χ0v) is 13.0. The maximum Gasteiger partial charge on any atom is 0.137 e. The van der Waals surface area contributed by atoms with Crippen LogP contribution in [0.4, 0.5) is 5.82 Å². The summed E-state index contributed by atoms with van der Waals surface area (Å²) in [6, 6.07) is 0. The molecule has 0 radical (unpaired) electrons. The molecular formula is C14H27N5. The van der Waals surface area contributed by atoms with Gasteiger partial charge < -0.3 is 10.6 Å². The lowest BCUT2D eigenvalue weighted by Gasteiger charge is -2.29. The van der Waals surface area contributed by atoms with Gasteiger partial charge in [0.1, 0.15) is 11.7 Å². The molecule has 0 aromatic carbocycles. The minimum Gasteiger partial charge on any atom is -0.384 e. The second-order valence-corrected chi connectivity index (χ2v) is 6.01. The van der Waals surface area contributed by atoms with E-state index < -0.39 is 0 Å². The summed E-state index contributed by atoms with van der Waals surface area (Å²) < 4.78 is 1.84. The molecule has 1 rings (SSSR count). The van der Waals surface area contributed by atoms with Crippen molar-refractivity contribution in [1.29, 1.82) is 5.41 Å². The smallest absolute Gasteiger partial charge is 0.137 e. The number of rotatable bonds is 6. The van der Waals surface area contributed by atoms with Crippen LogP contribution in [0.15, 0.2) is 0 Å². The number of hydrogen-bond acceptors (Lipinski definition) is 3. The van der Waals surface area contributed by atoms with Crippen LogP contribution in [0.1, 0.15) is 39.0 Å². The molecule has 0 amide bonds. The summed E-state index contributed by atoms with van der Waals surface area (Å²) in [5, 5.41) is 12.2. The van der Waals surface area contributed by atoms with E-state index in [2.05, 4.69) is 37.7 Å². The predicted octanol–water partition coefficient (Wildman–Crippen LogP) is 2.13.